The topological polar surface area (TPSA) is 0 Å². The van der Waals surface area contributed by atoms with Crippen molar-refractivity contribution in [2.24, 2.45) is 23.7 Å². The van der Waals surface area contributed by atoms with Gasteiger partial charge in [0, 0.05) is 0 Å². The second-order valence-corrected chi connectivity index (χ2v) is 8.66. The third-order valence-electron chi connectivity index (χ3n) is 6.35. The van der Waals surface area contributed by atoms with Crippen molar-refractivity contribution in [1.29, 1.82) is 0 Å². The summed E-state index contributed by atoms with van der Waals surface area (Å²) >= 11 is 12.8. The van der Waals surface area contributed by atoms with Gasteiger partial charge in [-0.3, -0.25) is 0 Å². The van der Waals surface area contributed by atoms with E-state index < -0.39 is 0 Å². The maximum absolute atomic E-state index is 6.50. The van der Waals surface area contributed by atoms with Crippen LogP contribution in [0.4, 0.5) is 0 Å². The first-order valence-corrected chi connectivity index (χ1v) is 9.68. The molecule has 2 saturated carbocycles. The molecule has 0 nitrogen and oxygen atoms in total. The first-order chi connectivity index (χ1) is 10.5. The third-order valence-corrected chi connectivity index (χ3v) is 7.17. The van der Waals surface area contributed by atoms with E-state index in [9.17, 15) is 0 Å². The molecular weight excluding hydrogens is 311 g/mol. The van der Waals surface area contributed by atoms with Crippen molar-refractivity contribution < 1.29 is 0 Å². The van der Waals surface area contributed by atoms with Crippen LogP contribution in [0.1, 0.15) is 69.4 Å². The summed E-state index contributed by atoms with van der Waals surface area (Å²) in [6, 6.07) is 4.23. The molecule has 0 bridgehead atoms. The second-order valence-electron chi connectivity index (χ2n) is 7.87. The molecule has 5 atom stereocenters. The van der Waals surface area contributed by atoms with Crippen molar-refractivity contribution in [3.8, 4) is 0 Å². The summed E-state index contributed by atoms with van der Waals surface area (Å²) in [6.07, 6.45) is 8.25. The average molecular weight is 339 g/mol. The van der Waals surface area contributed by atoms with Gasteiger partial charge in [-0.05, 0) is 79.4 Å². The van der Waals surface area contributed by atoms with Gasteiger partial charge in [-0.25, -0.2) is 0 Å². The minimum absolute atomic E-state index is 0.591. The van der Waals surface area contributed by atoms with Crippen LogP contribution in [0.5, 0.6) is 0 Å². The predicted octanol–water partition coefficient (Wildman–Crippen LogP) is 7.26. The van der Waals surface area contributed by atoms with Gasteiger partial charge in [-0.2, -0.15) is 0 Å². The smallest absolute Gasteiger partial charge is 0.0627 e. The van der Waals surface area contributed by atoms with Crippen molar-refractivity contribution in [1.82, 2.24) is 0 Å². The van der Waals surface area contributed by atoms with E-state index in [0.29, 0.717) is 5.92 Å². The van der Waals surface area contributed by atoms with Crippen LogP contribution < -0.4 is 0 Å². The molecule has 2 heteroatoms. The Bertz CT molecular complexity index is 537. The lowest BCUT2D eigenvalue weighted by Gasteiger charge is -2.39. The lowest BCUT2D eigenvalue weighted by molar-refractivity contribution is 0.136. The van der Waals surface area contributed by atoms with Crippen molar-refractivity contribution >= 4 is 23.2 Å². The van der Waals surface area contributed by atoms with Crippen LogP contribution in [0.2, 0.25) is 10.0 Å². The van der Waals surface area contributed by atoms with Crippen LogP contribution in [-0.2, 0) is 0 Å². The molecular formula is C20H28Cl2. The number of benzene rings is 1. The zero-order chi connectivity index (χ0) is 15.9. The number of aryl methyl sites for hydroxylation is 1. The number of hydrogen-bond acceptors (Lipinski definition) is 0. The average Bonchev–Trinajstić information content (AvgIpc) is 2.89. The summed E-state index contributed by atoms with van der Waals surface area (Å²) < 4.78 is 0. The molecule has 0 N–H and O–H groups in total. The molecule has 0 aliphatic heterocycles. The van der Waals surface area contributed by atoms with E-state index in [0.717, 1.165) is 33.7 Å². The van der Waals surface area contributed by atoms with Crippen LogP contribution >= 0.6 is 23.2 Å². The molecule has 22 heavy (non-hydrogen) atoms. The summed E-state index contributed by atoms with van der Waals surface area (Å²) in [5.41, 5.74) is 2.51. The van der Waals surface area contributed by atoms with Gasteiger partial charge < -0.3 is 0 Å². The normalized spacial score (nSPS) is 35.8. The number of hydrogen-bond donors (Lipinski definition) is 0. The predicted molar refractivity (Wildman–Crippen MR) is 97.0 cm³/mol. The minimum Gasteiger partial charge on any atom is -0.0827 e. The molecule has 0 radical (unpaired) electrons. The highest BCUT2D eigenvalue weighted by molar-refractivity contribution is 6.42. The fourth-order valence-corrected chi connectivity index (χ4v) is 5.74. The van der Waals surface area contributed by atoms with Crippen molar-refractivity contribution in [3.63, 3.8) is 0 Å². The zero-order valence-corrected chi connectivity index (χ0v) is 15.6. The van der Waals surface area contributed by atoms with Crippen LogP contribution in [-0.4, -0.2) is 0 Å². The summed E-state index contributed by atoms with van der Waals surface area (Å²) in [5.74, 6) is 4.22. The van der Waals surface area contributed by atoms with Gasteiger partial charge in [0.05, 0.1) is 10.0 Å². The van der Waals surface area contributed by atoms with Crippen LogP contribution in [0.25, 0.3) is 0 Å². The monoisotopic (exact) mass is 338 g/mol. The third kappa shape index (κ3) is 3.20. The Labute approximate surface area is 145 Å². The maximum Gasteiger partial charge on any atom is 0.0627 e. The lowest BCUT2D eigenvalue weighted by atomic mass is 9.66. The fraction of sp³-hybridized carbons (Fsp3) is 0.700. The molecule has 0 spiro atoms. The van der Waals surface area contributed by atoms with E-state index in [1.807, 2.05) is 6.07 Å². The summed E-state index contributed by atoms with van der Waals surface area (Å²) in [7, 11) is 0. The first-order valence-electron chi connectivity index (χ1n) is 8.93. The van der Waals surface area contributed by atoms with Gasteiger partial charge in [0.25, 0.3) is 0 Å². The quantitative estimate of drug-likeness (QED) is 0.532. The molecule has 3 unspecified atom stereocenters. The number of rotatable bonds is 2. The lowest BCUT2D eigenvalue weighted by Crippen LogP contribution is -2.29. The highest BCUT2D eigenvalue weighted by Crippen LogP contribution is 2.49. The Balaban J connectivity index is 1.75. The molecule has 0 amide bonds. The fourth-order valence-electron chi connectivity index (χ4n) is 5.20. The van der Waals surface area contributed by atoms with Crippen LogP contribution in [0, 0.1) is 30.6 Å². The highest BCUT2D eigenvalue weighted by atomic mass is 35.5. The molecule has 2 aliphatic carbocycles. The van der Waals surface area contributed by atoms with Crippen LogP contribution in [0.3, 0.4) is 0 Å². The van der Waals surface area contributed by atoms with E-state index in [-0.39, 0.29) is 0 Å². The largest absolute Gasteiger partial charge is 0.0827 e. The molecule has 1 aromatic rings. The van der Waals surface area contributed by atoms with Gasteiger partial charge in [0.2, 0.25) is 0 Å². The van der Waals surface area contributed by atoms with E-state index >= 15 is 0 Å². The van der Waals surface area contributed by atoms with Crippen LogP contribution in [0.15, 0.2) is 12.1 Å². The van der Waals surface area contributed by atoms with Gasteiger partial charge in [0.15, 0.2) is 0 Å². The Kier molecular flexibility index (Phi) is 5.10. The Morgan fingerprint density at radius 3 is 2.27 bits per heavy atom. The SMILES string of the molecule is Cc1cc(Cl)c(Cl)c(C2CCC(C3CCC[C@H]3C)[C@@H](C)C2)c1. The van der Waals surface area contributed by atoms with Gasteiger partial charge in [0.1, 0.15) is 0 Å². The Hall–Kier alpha value is -0.200. The zero-order valence-electron chi connectivity index (χ0n) is 14.0. The van der Waals surface area contributed by atoms with Crippen molar-refractivity contribution in [3.05, 3.63) is 33.3 Å². The maximum atomic E-state index is 6.50. The minimum atomic E-state index is 0.591. The van der Waals surface area contributed by atoms with E-state index in [2.05, 4.69) is 26.8 Å². The Morgan fingerprint density at radius 2 is 1.64 bits per heavy atom. The van der Waals surface area contributed by atoms with Crippen molar-refractivity contribution in [2.45, 2.75) is 65.2 Å². The van der Waals surface area contributed by atoms with Gasteiger partial charge in [-0.15, -0.1) is 0 Å². The molecule has 122 valence electrons. The molecule has 2 aliphatic rings. The molecule has 0 aromatic heterocycles. The summed E-state index contributed by atoms with van der Waals surface area (Å²) in [4.78, 5) is 0. The van der Waals surface area contributed by atoms with Crippen molar-refractivity contribution in [2.75, 3.05) is 0 Å². The van der Waals surface area contributed by atoms with Gasteiger partial charge >= 0.3 is 0 Å². The number of halogens is 2. The molecule has 2 fully saturated rings. The Morgan fingerprint density at radius 1 is 0.909 bits per heavy atom. The van der Waals surface area contributed by atoms with E-state index in [4.69, 9.17) is 23.2 Å². The summed E-state index contributed by atoms with van der Waals surface area (Å²) in [5, 5.41) is 1.51. The molecule has 0 saturated heterocycles. The van der Waals surface area contributed by atoms with E-state index in [1.54, 1.807) is 0 Å². The summed E-state index contributed by atoms with van der Waals surface area (Å²) in [6.45, 7) is 7.04. The molecule has 1 aromatic carbocycles. The molecule has 0 heterocycles. The highest BCUT2D eigenvalue weighted by Gasteiger charge is 2.38. The standard InChI is InChI=1S/C20H28Cl2/c1-12-9-18(20(22)19(21)10-12)15-7-8-17(14(3)11-15)16-6-4-5-13(16)2/h9-10,13-17H,4-8,11H2,1-3H3/t13-,14+,15?,16?,17?/m1/s1. The first kappa shape index (κ1) is 16.7. The van der Waals surface area contributed by atoms with Gasteiger partial charge in [-0.1, -0.05) is 56.0 Å². The van der Waals surface area contributed by atoms with E-state index in [1.165, 1.54) is 49.7 Å². The second kappa shape index (κ2) is 6.73. The molecule has 3 rings (SSSR count).